The Morgan fingerprint density at radius 1 is 1.04 bits per heavy atom. The van der Waals surface area contributed by atoms with Gasteiger partial charge in [-0.1, -0.05) is 26.0 Å². The number of hydrogen-bond donors (Lipinski definition) is 2. The summed E-state index contributed by atoms with van der Waals surface area (Å²) >= 11 is 5.40. The molecular weight excluding hydrogens is 376 g/mol. The van der Waals surface area contributed by atoms with Gasteiger partial charge in [-0.3, -0.25) is 0 Å². The first kappa shape index (κ1) is 21.5. The molecule has 2 N–H and O–H groups in total. The molecule has 2 aromatic carbocycles. The summed E-state index contributed by atoms with van der Waals surface area (Å²) in [5, 5.41) is 6.50. The summed E-state index contributed by atoms with van der Waals surface area (Å²) < 4.78 is 15.4. The number of ether oxygens (including phenoxy) is 3. The van der Waals surface area contributed by atoms with Crippen molar-refractivity contribution >= 4 is 34.7 Å². The molecule has 0 spiro atoms. The van der Waals surface area contributed by atoms with Crippen molar-refractivity contribution in [2.75, 3.05) is 32.0 Å². The van der Waals surface area contributed by atoms with Crippen molar-refractivity contribution in [3.63, 3.8) is 0 Å². The van der Waals surface area contributed by atoms with Gasteiger partial charge in [0.05, 0.1) is 32.6 Å². The molecule has 0 aliphatic heterocycles. The summed E-state index contributed by atoms with van der Waals surface area (Å²) in [6.07, 6.45) is 1.09. The predicted octanol–water partition coefficient (Wildman–Crippen LogP) is 4.81. The van der Waals surface area contributed by atoms with Crippen LogP contribution in [0.1, 0.15) is 42.1 Å². The molecule has 0 amide bonds. The van der Waals surface area contributed by atoms with E-state index in [-0.39, 0.29) is 5.56 Å². The zero-order valence-corrected chi connectivity index (χ0v) is 17.6. The lowest BCUT2D eigenvalue weighted by Crippen LogP contribution is -2.21. The third-order valence-corrected chi connectivity index (χ3v) is 4.73. The van der Waals surface area contributed by atoms with Crippen LogP contribution in [-0.2, 0) is 4.74 Å². The van der Waals surface area contributed by atoms with E-state index in [1.54, 1.807) is 12.1 Å². The highest BCUT2D eigenvalue weighted by atomic mass is 32.1. The van der Waals surface area contributed by atoms with Crippen LogP contribution < -0.4 is 20.1 Å². The molecule has 1 atom stereocenters. The number of nitrogens with one attached hydrogen (secondary N) is 2. The lowest BCUT2D eigenvalue weighted by Gasteiger charge is -2.17. The number of carbonyl (C=O) groups is 1. The summed E-state index contributed by atoms with van der Waals surface area (Å²) in [5.41, 5.74) is 2.87. The third kappa shape index (κ3) is 5.13. The number of anilines is 2. The maximum Gasteiger partial charge on any atom is 0.340 e. The van der Waals surface area contributed by atoms with Crippen LogP contribution in [0.4, 0.5) is 11.4 Å². The molecule has 0 saturated heterocycles. The van der Waals surface area contributed by atoms with E-state index in [2.05, 4.69) is 36.6 Å². The lowest BCUT2D eigenvalue weighted by atomic mass is 9.99. The van der Waals surface area contributed by atoms with E-state index in [0.29, 0.717) is 28.2 Å². The molecule has 28 heavy (non-hydrogen) atoms. The quantitative estimate of drug-likeness (QED) is 0.509. The highest BCUT2D eigenvalue weighted by molar-refractivity contribution is 7.80. The molecule has 150 valence electrons. The molecule has 0 heterocycles. The first-order valence-corrected chi connectivity index (χ1v) is 9.36. The first-order valence-electron chi connectivity index (χ1n) is 8.95. The lowest BCUT2D eigenvalue weighted by molar-refractivity contribution is 0.0601. The molecule has 0 bridgehead atoms. The summed E-state index contributed by atoms with van der Waals surface area (Å²) in [4.78, 5) is 12.1. The molecule has 7 heteroatoms. The fourth-order valence-electron chi connectivity index (χ4n) is 2.68. The van der Waals surface area contributed by atoms with Crippen molar-refractivity contribution < 1.29 is 19.0 Å². The van der Waals surface area contributed by atoms with Crippen molar-refractivity contribution in [1.29, 1.82) is 0 Å². The highest BCUT2D eigenvalue weighted by Crippen LogP contribution is 2.34. The van der Waals surface area contributed by atoms with E-state index >= 15 is 0 Å². The van der Waals surface area contributed by atoms with Crippen LogP contribution in [0, 0.1) is 0 Å². The van der Waals surface area contributed by atoms with E-state index in [0.717, 1.165) is 12.1 Å². The Hall–Kier alpha value is -2.80. The van der Waals surface area contributed by atoms with Crippen molar-refractivity contribution in [1.82, 2.24) is 0 Å². The number of hydrogen-bond acceptors (Lipinski definition) is 5. The average Bonchev–Trinajstić information content (AvgIpc) is 2.72. The number of thiocarbonyl (C=S) groups is 1. The van der Waals surface area contributed by atoms with E-state index in [9.17, 15) is 4.79 Å². The second kappa shape index (κ2) is 9.94. The van der Waals surface area contributed by atoms with Gasteiger partial charge in [-0.2, -0.15) is 0 Å². The standard InChI is InChI=1S/C21H26N2O4S/c1-6-13(2)14-7-9-15(10-8-14)22-21(28)23-17-12-19(26-4)18(25-3)11-16(17)20(24)27-5/h7-13H,6H2,1-5H3,(H2,22,23,28). The van der Waals surface area contributed by atoms with Gasteiger partial charge in [0, 0.05) is 17.8 Å². The largest absolute Gasteiger partial charge is 0.493 e. The molecule has 0 aliphatic carbocycles. The molecule has 1 unspecified atom stereocenters. The van der Waals surface area contributed by atoms with Gasteiger partial charge >= 0.3 is 5.97 Å². The average molecular weight is 403 g/mol. The van der Waals surface area contributed by atoms with Gasteiger partial charge < -0.3 is 24.8 Å². The summed E-state index contributed by atoms with van der Waals surface area (Å²) in [6.45, 7) is 4.36. The number of carbonyl (C=O) groups excluding carboxylic acids is 1. The molecule has 0 fully saturated rings. The predicted molar refractivity (Wildman–Crippen MR) is 116 cm³/mol. The highest BCUT2D eigenvalue weighted by Gasteiger charge is 2.18. The molecule has 6 nitrogen and oxygen atoms in total. The Kier molecular flexibility index (Phi) is 7.63. The SMILES string of the molecule is CCC(C)c1ccc(NC(=S)Nc2cc(OC)c(OC)cc2C(=O)OC)cc1. The van der Waals surface area contributed by atoms with Crippen molar-refractivity contribution in [3.05, 3.63) is 47.5 Å². The Bertz CT molecular complexity index is 837. The van der Waals surface area contributed by atoms with Crippen LogP contribution in [0.2, 0.25) is 0 Å². The van der Waals surface area contributed by atoms with Gasteiger partial charge in [0.1, 0.15) is 0 Å². The van der Waals surface area contributed by atoms with Gasteiger partial charge in [0.25, 0.3) is 0 Å². The minimum absolute atomic E-state index is 0.288. The van der Waals surface area contributed by atoms with Crippen molar-refractivity contribution in [2.45, 2.75) is 26.2 Å². The van der Waals surface area contributed by atoms with E-state index in [1.165, 1.54) is 26.9 Å². The normalized spacial score (nSPS) is 11.3. The van der Waals surface area contributed by atoms with Crippen LogP contribution in [0.3, 0.4) is 0 Å². The molecule has 2 rings (SSSR count). The summed E-state index contributed by atoms with van der Waals surface area (Å²) in [7, 11) is 4.34. The molecule has 0 aliphatic rings. The van der Waals surface area contributed by atoms with Crippen molar-refractivity contribution in [2.24, 2.45) is 0 Å². The third-order valence-electron chi connectivity index (χ3n) is 4.53. The second-order valence-electron chi connectivity index (χ2n) is 6.25. The number of methoxy groups -OCH3 is 3. The first-order chi connectivity index (χ1) is 13.4. The molecule has 0 radical (unpaired) electrons. The Morgan fingerprint density at radius 3 is 2.18 bits per heavy atom. The fourth-order valence-corrected chi connectivity index (χ4v) is 2.90. The van der Waals surface area contributed by atoms with Gasteiger partial charge in [0.2, 0.25) is 0 Å². The molecule has 2 aromatic rings. The minimum atomic E-state index is -0.510. The number of esters is 1. The minimum Gasteiger partial charge on any atom is -0.493 e. The van der Waals surface area contributed by atoms with E-state index in [1.807, 2.05) is 12.1 Å². The maximum absolute atomic E-state index is 12.1. The Morgan fingerprint density at radius 2 is 1.64 bits per heavy atom. The van der Waals surface area contributed by atoms with E-state index in [4.69, 9.17) is 26.4 Å². The zero-order valence-electron chi connectivity index (χ0n) is 16.8. The van der Waals surface area contributed by atoms with E-state index < -0.39 is 5.97 Å². The topological polar surface area (TPSA) is 68.8 Å². The van der Waals surface area contributed by atoms with Gasteiger partial charge in [-0.15, -0.1) is 0 Å². The fraction of sp³-hybridized carbons (Fsp3) is 0.333. The molecular formula is C21H26N2O4S. The van der Waals surface area contributed by atoms with Crippen LogP contribution in [0.15, 0.2) is 36.4 Å². The molecule has 0 saturated carbocycles. The monoisotopic (exact) mass is 402 g/mol. The number of benzene rings is 2. The van der Waals surface area contributed by atoms with Crippen LogP contribution in [0.25, 0.3) is 0 Å². The van der Waals surface area contributed by atoms with Crippen molar-refractivity contribution in [3.8, 4) is 11.5 Å². The van der Waals surface area contributed by atoms with Gasteiger partial charge in [0.15, 0.2) is 16.6 Å². The summed E-state index contributed by atoms with van der Waals surface area (Å²) in [6, 6.07) is 11.3. The maximum atomic E-state index is 12.1. The zero-order chi connectivity index (χ0) is 20.7. The Balaban J connectivity index is 2.21. The smallest absolute Gasteiger partial charge is 0.340 e. The second-order valence-corrected chi connectivity index (χ2v) is 6.66. The Labute approximate surface area is 171 Å². The van der Waals surface area contributed by atoms with Crippen LogP contribution in [-0.4, -0.2) is 32.4 Å². The summed E-state index contributed by atoms with van der Waals surface area (Å²) in [5.74, 6) is 0.893. The van der Waals surface area contributed by atoms with Crippen LogP contribution in [0.5, 0.6) is 11.5 Å². The molecule has 0 aromatic heterocycles. The van der Waals surface area contributed by atoms with Crippen LogP contribution >= 0.6 is 12.2 Å². The van der Waals surface area contributed by atoms with Gasteiger partial charge in [-0.25, -0.2) is 4.79 Å². The van der Waals surface area contributed by atoms with Gasteiger partial charge in [-0.05, 0) is 42.3 Å². The number of rotatable bonds is 7.